The second kappa shape index (κ2) is 10.5. The summed E-state index contributed by atoms with van der Waals surface area (Å²) in [6.07, 6.45) is -0.769. The summed E-state index contributed by atoms with van der Waals surface area (Å²) < 4.78 is 11.3. The first kappa shape index (κ1) is 22.2. The third kappa shape index (κ3) is 6.76. The monoisotopic (exact) mass is 438 g/mol. The first-order valence-corrected chi connectivity index (χ1v) is 10.1. The van der Waals surface area contributed by atoms with Gasteiger partial charge in [-0.05, 0) is 73.5 Å². The highest BCUT2D eigenvalue weighted by Gasteiger charge is 2.16. The van der Waals surface area contributed by atoms with E-state index in [9.17, 15) is 9.59 Å². The molecule has 0 spiro atoms. The van der Waals surface area contributed by atoms with Crippen LogP contribution in [-0.4, -0.2) is 17.9 Å². The molecule has 1 unspecified atom stereocenters. The zero-order chi connectivity index (χ0) is 22.2. The highest BCUT2D eigenvalue weighted by molar-refractivity contribution is 6.30. The van der Waals surface area contributed by atoms with Crippen molar-refractivity contribution in [2.45, 2.75) is 26.6 Å². The van der Waals surface area contributed by atoms with Gasteiger partial charge in [0, 0.05) is 10.6 Å². The van der Waals surface area contributed by atoms with E-state index >= 15 is 0 Å². The lowest BCUT2D eigenvalue weighted by molar-refractivity contribution is -0.128. The molecule has 0 saturated heterocycles. The van der Waals surface area contributed by atoms with Crippen molar-refractivity contribution < 1.29 is 19.1 Å². The van der Waals surface area contributed by atoms with E-state index in [1.807, 2.05) is 25.1 Å². The number of halogens is 1. The Labute approximate surface area is 186 Å². The second-order valence-corrected chi connectivity index (χ2v) is 7.40. The second-order valence-electron chi connectivity index (χ2n) is 6.96. The van der Waals surface area contributed by atoms with E-state index in [0.717, 1.165) is 11.1 Å². The number of ether oxygens (including phenoxy) is 2. The summed E-state index contributed by atoms with van der Waals surface area (Å²) in [5.41, 5.74) is 7.11. The fourth-order valence-electron chi connectivity index (χ4n) is 2.69. The molecule has 2 amide bonds. The van der Waals surface area contributed by atoms with Crippen LogP contribution >= 0.6 is 11.6 Å². The minimum atomic E-state index is -0.769. The van der Waals surface area contributed by atoms with Gasteiger partial charge in [-0.1, -0.05) is 35.9 Å². The van der Waals surface area contributed by atoms with E-state index in [4.69, 9.17) is 21.1 Å². The molecule has 0 aliphatic heterocycles. The number of carbonyl (C=O) groups excluding carboxylic acids is 2. The SMILES string of the molecule is Cc1cccc(OC(C)C(=O)NNC(=O)c2ccc(COc3ccc(Cl)cc3)cc2)c1. The van der Waals surface area contributed by atoms with Crippen molar-refractivity contribution in [3.8, 4) is 11.5 Å². The summed E-state index contributed by atoms with van der Waals surface area (Å²) in [5, 5.41) is 0.644. The molecule has 3 rings (SSSR count). The summed E-state index contributed by atoms with van der Waals surface area (Å²) in [4.78, 5) is 24.5. The van der Waals surface area contributed by atoms with Crippen LogP contribution in [-0.2, 0) is 11.4 Å². The first-order chi connectivity index (χ1) is 14.9. The molecule has 31 heavy (non-hydrogen) atoms. The average molecular weight is 439 g/mol. The van der Waals surface area contributed by atoms with Crippen molar-refractivity contribution in [1.82, 2.24) is 10.9 Å². The summed E-state index contributed by atoms with van der Waals surface area (Å²) >= 11 is 5.85. The number of benzene rings is 3. The minimum Gasteiger partial charge on any atom is -0.489 e. The van der Waals surface area contributed by atoms with E-state index in [2.05, 4.69) is 10.9 Å². The molecule has 1 atom stereocenters. The lowest BCUT2D eigenvalue weighted by Gasteiger charge is -2.15. The lowest BCUT2D eigenvalue weighted by Crippen LogP contribution is -2.47. The standard InChI is InChI=1S/C24H23ClN2O4/c1-16-4-3-5-22(14-16)31-17(2)23(28)26-27-24(29)19-8-6-18(7-9-19)15-30-21-12-10-20(25)11-13-21/h3-14,17H,15H2,1-2H3,(H,26,28)(H,27,29). The van der Waals surface area contributed by atoms with Crippen LogP contribution in [0.25, 0.3) is 0 Å². The highest BCUT2D eigenvalue weighted by Crippen LogP contribution is 2.17. The van der Waals surface area contributed by atoms with Gasteiger partial charge in [0.05, 0.1) is 0 Å². The number of hydrogen-bond donors (Lipinski definition) is 2. The van der Waals surface area contributed by atoms with E-state index in [1.54, 1.807) is 61.5 Å². The fraction of sp³-hybridized carbons (Fsp3) is 0.167. The Morgan fingerprint density at radius 1 is 0.935 bits per heavy atom. The van der Waals surface area contributed by atoms with Gasteiger partial charge in [-0.15, -0.1) is 0 Å². The number of nitrogens with one attached hydrogen (secondary N) is 2. The Morgan fingerprint density at radius 2 is 1.65 bits per heavy atom. The van der Waals surface area contributed by atoms with Crippen molar-refractivity contribution in [3.05, 3.63) is 94.5 Å². The summed E-state index contributed by atoms with van der Waals surface area (Å²) in [6, 6.07) is 21.4. The van der Waals surface area contributed by atoms with Crippen LogP contribution in [0.4, 0.5) is 0 Å². The summed E-state index contributed by atoms with van der Waals surface area (Å²) in [7, 11) is 0. The molecule has 0 aliphatic carbocycles. The van der Waals surface area contributed by atoms with Crippen molar-refractivity contribution in [1.29, 1.82) is 0 Å². The third-order valence-corrected chi connectivity index (χ3v) is 4.66. The first-order valence-electron chi connectivity index (χ1n) is 9.71. The number of aryl methyl sites for hydroxylation is 1. The number of rotatable bonds is 7. The van der Waals surface area contributed by atoms with Gasteiger partial charge in [-0.2, -0.15) is 0 Å². The largest absolute Gasteiger partial charge is 0.489 e. The Bertz CT molecular complexity index is 1040. The van der Waals surface area contributed by atoms with Crippen LogP contribution in [0.15, 0.2) is 72.8 Å². The van der Waals surface area contributed by atoms with Crippen molar-refractivity contribution in [3.63, 3.8) is 0 Å². The molecule has 2 N–H and O–H groups in total. The molecule has 0 fully saturated rings. The Balaban J connectivity index is 1.46. The molecule has 3 aromatic rings. The number of amides is 2. The Kier molecular flexibility index (Phi) is 7.51. The van der Waals surface area contributed by atoms with Crippen LogP contribution in [0.1, 0.15) is 28.4 Å². The van der Waals surface area contributed by atoms with Gasteiger partial charge in [-0.3, -0.25) is 20.4 Å². The zero-order valence-corrected chi connectivity index (χ0v) is 18.0. The number of hydrazine groups is 1. The molecular weight excluding hydrogens is 416 g/mol. The van der Waals surface area contributed by atoms with Crippen LogP contribution < -0.4 is 20.3 Å². The molecule has 0 radical (unpaired) electrons. The summed E-state index contributed by atoms with van der Waals surface area (Å²) in [6.45, 7) is 3.90. The van der Waals surface area contributed by atoms with Gasteiger partial charge in [0.1, 0.15) is 18.1 Å². The van der Waals surface area contributed by atoms with Crippen LogP contribution in [0.2, 0.25) is 5.02 Å². The molecule has 0 saturated carbocycles. The molecule has 7 heteroatoms. The molecule has 0 heterocycles. The Morgan fingerprint density at radius 3 is 2.32 bits per heavy atom. The van der Waals surface area contributed by atoms with Gasteiger partial charge in [-0.25, -0.2) is 0 Å². The molecule has 0 aromatic heterocycles. The van der Waals surface area contributed by atoms with Gasteiger partial charge < -0.3 is 9.47 Å². The molecule has 0 bridgehead atoms. The van der Waals surface area contributed by atoms with E-state index in [-0.39, 0.29) is 0 Å². The van der Waals surface area contributed by atoms with Crippen LogP contribution in [0.5, 0.6) is 11.5 Å². The molecule has 0 aliphatic rings. The molecular formula is C24H23ClN2O4. The quantitative estimate of drug-likeness (QED) is 0.534. The number of hydrogen-bond acceptors (Lipinski definition) is 4. The number of carbonyl (C=O) groups is 2. The zero-order valence-electron chi connectivity index (χ0n) is 17.2. The van der Waals surface area contributed by atoms with E-state index < -0.39 is 17.9 Å². The predicted molar refractivity (Wildman–Crippen MR) is 119 cm³/mol. The van der Waals surface area contributed by atoms with Crippen LogP contribution in [0.3, 0.4) is 0 Å². The van der Waals surface area contributed by atoms with Crippen LogP contribution in [0, 0.1) is 6.92 Å². The van der Waals surface area contributed by atoms with Crippen molar-refractivity contribution >= 4 is 23.4 Å². The van der Waals surface area contributed by atoms with Crippen molar-refractivity contribution in [2.24, 2.45) is 0 Å². The topological polar surface area (TPSA) is 76.7 Å². The average Bonchev–Trinajstić information content (AvgIpc) is 2.77. The van der Waals surface area contributed by atoms with Gasteiger partial charge in [0.2, 0.25) is 0 Å². The molecule has 160 valence electrons. The normalized spacial score (nSPS) is 11.3. The highest BCUT2D eigenvalue weighted by atomic mass is 35.5. The third-order valence-electron chi connectivity index (χ3n) is 4.41. The van der Waals surface area contributed by atoms with Crippen molar-refractivity contribution in [2.75, 3.05) is 0 Å². The Hall–Kier alpha value is -3.51. The minimum absolute atomic E-state index is 0.355. The van der Waals surface area contributed by atoms with E-state index in [0.29, 0.717) is 28.7 Å². The van der Waals surface area contributed by atoms with Gasteiger partial charge in [0.25, 0.3) is 11.8 Å². The molecule has 3 aromatic carbocycles. The van der Waals surface area contributed by atoms with Gasteiger partial charge in [0.15, 0.2) is 6.10 Å². The molecule has 6 nitrogen and oxygen atoms in total. The fourth-order valence-corrected chi connectivity index (χ4v) is 2.81. The maximum absolute atomic E-state index is 12.3. The van der Waals surface area contributed by atoms with E-state index in [1.165, 1.54) is 0 Å². The maximum atomic E-state index is 12.3. The summed E-state index contributed by atoms with van der Waals surface area (Å²) in [5.74, 6) is 0.408. The predicted octanol–water partition coefficient (Wildman–Crippen LogP) is 4.46. The van der Waals surface area contributed by atoms with Gasteiger partial charge >= 0.3 is 0 Å². The lowest BCUT2D eigenvalue weighted by atomic mass is 10.1. The maximum Gasteiger partial charge on any atom is 0.279 e. The smallest absolute Gasteiger partial charge is 0.279 e.